The van der Waals surface area contributed by atoms with Gasteiger partial charge in [-0.05, 0) is 86.6 Å². The topological polar surface area (TPSA) is 324 Å². The molecule has 2 aromatic carbocycles. The Balaban J connectivity index is 0.793. The van der Waals surface area contributed by atoms with Crippen molar-refractivity contribution in [2.75, 3.05) is 19.6 Å². The zero-order valence-corrected chi connectivity index (χ0v) is 48.0. The molecule has 22 nitrogen and oxygen atoms in total. The van der Waals surface area contributed by atoms with Gasteiger partial charge in [-0.2, -0.15) is 0 Å². The van der Waals surface area contributed by atoms with Gasteiger partial charge < -0.3 is 40.8 Å². The van der Waals surface area contributed by atoms with E-state index in [1.807, 2.05) is 0 Å². The van der Waals surface area contributed by atoms with Crippen molar-refractivity contribution >= 4 is 75.6 Å². The molecule has 1 aliphatic carbocycles. The van der Waals surface area contributed by atoms with Crippen LogP contribution in [0.3, 0.4) is 0 Å². The number of amides is 6. The minimum Gasteiger partial charge on any atom is -0.481 e. The average Bonchev–Trinajstić information content (AvgIpc) is 1.68. The standard InChI is InChI=1S/C62H72FN7O15/c1-4-62(84)43-29-48-57-41(32-70(48)60(82)42(43)33-85-61(62)83)56-45(19-18-40-35(3)44(63)30-47(68-57)55(40)56)66-51(75)15-11-24-64-50(74)22-20-49(73)46(27-36-12-7-5-8-13-36)67-52(76)21-17-39(72)31-65-58(80)37(16-23-54(78)79)28-38(71)14-9-6-10-25-69-53(77)26-34(2)59(69)81/h5,7-8,12-13,29-30,34,37,45-46,84H,4,6,9-11,14-28,31-33H2,1-3H3,(H,64,74)(H,65,80)(H,66,75)(H,67,76)(H,78,79)/t34?,37-,45+,46+,62+/m1/s1. The Morgan fingerprint density at radius 3 is 2.32 bits per heavy atom. The molecule has 1 unspecified atom stereocenters. The molecule has 6 amide bonds. The zero-order chi connectivity index (χ0) is 61.3. The molecule has 4 aliphatic rings. The van der Waals surface area contributed by atoms with E-state index in [0.29, 0.717) is 71.1 Å². The Hall–Kier alpha value is -8.34. The van der Waals surface area contributed by atoms with Crippen LogP contribution in [0.4, 0.5) is 4.39 Å². The highest BCUT2D eigenvalue weighted by Crippen LogP contribution is 2.46. The average molecular weight is 1170 g/mol. The van der Waals surface area contributed by atoms with Gasteiger partial charge in [-0.15, -0.1) is 0 Å². The zero-order valence-electron chi connectivity index (χ0n) is 48.0. The number of fused-ring (bicyclic) bond motifs is 5. The highest BCUT2D eigenvalue weighted by molar-refractivity contribution is 6.03. The molecule has 0 saturated carbocycles. The number of likely N-dealkylation sites (tertiary alicyclic amines) is 1. The Labute approximate surface area is 489 Å². The van der Waals surface area contributed by atoms with Crippen LogP contribution in [-0.4, -0.2) is 115 Å². The van der Waals surface area contributed by atoms with Crippen molar-refractivity contribution in [1.29, 1.82) is 0 Å². The monoisotopic (exact) mass is 1170 g/mol. The highest BCUT2D eigenvalue weighted by atomic mass is 19.1. The number of hydrogen-bond acceptors (Lipinski definition) is 15. The number of carbonyl (C=O) groups is 11. The lowest BCUT2D eigenvalue weighted by Gasteiger charge is -2.31. The van der Waals surface area contributed by atoms with Crippen molar-refractivity contribution in [3.63, 3.8) is 0 Å². The van der Waals surface area contributed by atoms with Crippen LogP contribution in [0.2, 0.25) is 0 Å². The number of halogens is 1. The number of benzene rings is 2. The summed E-state index contributed by atoms with van der Waals surface area (Å²) in [5.74, 6) is -7.67. The van der Waals surface area contributed by atoms with E-state index in [2.05, 4.69) is 21.3 Å². The summed E-state index contributed by atoms with van der Waals surface area (Å²) in [6, 6.07) is 10.1. The van der Waals surface area contributed by atoms with Gasteiger partial charge in [0.2, 0.25) is 35.4 Å². The first-order chi connectivity index (χ1) is 40.6. The SMILES string of the molecule is CC[C@@]1(O)C(=O)OCc2c1cc1n(c2=O)Cc2c-1nc1cc(F)c(C)c3c1c2[C@@H](NC(=O)CCCNC(=O)CCC(=O)[C@H](Cc1ccccc1)NC(=O)CCC(=O)CNC(=O)[C@H](CCC(=O)O)CC(=O)CCCCCN1C(=O)CC(C)C1=O)CC3. The van der Waals surface area contributed by atoms with Gasteiger partial charge in [0.1, 0.15) is 18.2 Å². The van der Waals surface area contributed by atoms with Gasteiger partial charge in [0.15, 0.2) is 17.2 Å². The van der Waals surface area contributed by atoms with Crippen LogP contribution in [-0.2, 0) is 89.1 Å². The largest absolute Gasteiger partial charge is 0.481 e. The molecule has 8 rings (SSSR count). The quantitative estimate of drug-likeness (QED) is 0.0210. The maximum atomic E-state index is 15.4. The number of hydrogen-bond donors (Lipinski definition) is 6. The van der Waals surface area contributed by atoms with E-state index in [1.165, 1.54) is 15.5 Å². The molecule has 452 valence electrons. The second-order valence-corrected chi connectivity index (χ2v) is 22.6. The number of pyridine rings is 2. The number of aliphatic carboxylic acids is 1. The number of imide groups is 1. The van der Waals surface area contributed by atoms with Crippen molar-refractivity contribution in [3.05, 3.63) is 97.6 Å². The Morgan fingerprint density at radius 1 is 0.847 bits per heavy atom. The third kappa shape index (κ3) is 14.6. The van der Waals surface area contributed by atoms with Crippen molar-refractivity contribution in [3.8, 4) is 11.4 Å². The highest BCUT2D eigenvalue weighted by Gasteiger charge is 2.46. The fourth-order valence-electron chi connectivity index (χ4n) is 11.8. The molecule has 4 aromatic rings. The normalized spacial score (nSPS) is 18.2. The molecule has 0 bridgehead atoms. The molecule has 1 saturated heterocycles. The molecule has 5 atom stereocenters. The van der Waals surface area contributed by atoms with Crippen LogP contribution >= 0.6 is 0 Å². The number of rotatable bonds is 30. The lowest BCUT2D eigenvalue weighted by molar-refractivity contribution is -0.172. The van der Waals surface area contributed by atoms with Crippen LogP contribution in [0.5, 0.6) is 0 Å². The van der Waals surface area contributed by atoms with E-state index >= 15 is 4.39 Å². The third-order valence-electron chi connectivity index (χ3n) is 16.7. The second kappa shape index (κ2) is 27.6. The van der Waals surface area contributed by atoms with Crippen LogP contribution in [0.1, 0.15) is 162 Å². The molecular formula is C62H72FN7O15. The Morgan fingerprint density at radius 2 is 1.60 bits per heavy atom. The lowest BCUT2D eigenvalue weighted by atomic mass is 9.81. The minimum atomic E-state index is -2.05. The van der Waals surface area contributed by atoms with E-state index in [4.69, 9.17) is 9.72 Å². The van der Waals surface area contributed by atoms with Gasteiger partial charge in [-0.25, -0.2) is 14.2 Å². The first-order valence-electron chi connectivity index (χ1n) is 29.2. The number of cyclic esters (lactones) is 1. The number of aryl methyl sites for hydroxylation is 1. The summed E-state index contributed by atoms with van der Waals surface area (Å²) in [5.41, 5.74) is 2.10. The molecule has 3 aliphatic heterocycles. The van der Waals surface area contributed by atoms with E-state index in [1.54, 1.807) is 57.2 Å². The molecule has 1 fully saturated rings. The van der Waals surface area contributed by atoms with E-state index < -0.39 is 89.2 Å². The number of nitrogens with zero attached hydrogens (tertiary/aromatic N) is 3. The van der Waals surface area contributed by atoms with E-state index in [9.17, 15) is 67.7 Å². The number of aliphatic hydroxyl groups is 1. The number of aromatic nitrogens is 2. The molecule has 85 heavy (non-hydrogen) atoms. The third-order valence-corrected chi connectivity index (χ3v) is 16.7. The van der Waals surface area contributed by atoms with Gasteiger partial charge >= 0.3 is 11.9 Å². The summed E-state index contributed by atoms with van der Waals surface area (Å²) in [4.78, 5) is 161. The van der Waals surface area contributed by atoms with Crippen molar-refractivity contribution in [2.24, 2.45) is 11.8 Å². The van der Waals surface area contributed by atoms with Crippen LogP contribution in [0.25, 0.3) is 22.3 Å². The molecule has 5 heterocycles. The number of Topliss-reactive ketones (excluding diaryl/α,β-unsaturated/α-hetero) is 3. The van der Waals surface area contributed by atoms with Gasteiger partial charge in [0.25, 0.3) is 5.56 Å². The number of carbonyl (C=O) groups excluding carboxylic acids is 10. The number of carboxylic acid groups (broad SMARTS) is 1. The smallest absolute Gasteiger partial charge is 0.343 e. The first kappa shape index (κ1) is 62.7. The van der Waals surface area contributed by atoms with Gasteiger partial charge in [-0.1, -0.05) is 50.6 Å². The number of nitrogens with one attached hydrogen (secondary N) is 4. The molecule has 0 radical (unpaired) electrons. The van der Waals surface area contributed by atoms with Crippen LogP contribution in [0, 0.1) is 24.6 Å². The molecule has 23 heteroatoms. The predicted molar refractivity (Wildman–Crippen MR) is 303 cm³/mol. The van der Waals surface area contributed by atoms with E-state index in [0.717, 1.165) is 11.1 Å². The van der Waals surface area contributed by atoms with Crippen LogP contribution in [0.15, 0.2) is 47.3 Å². The maximum Gasteiger partial charge on any atom is 0.343 e. The Kier molecular flexibility index (Phi) is 20.3. The molecule has 2 aromatic heterocycles. The second-order valence-electron chi connectivity index (χ2n) is 22.6. The summed E-state index contributed by atoms with van der Waals surface area (Å²) >= 11 is 0. The summed E-state index contributed by atoms with van der Waals surface area (Å²) in [7, 11) is 0. The lowest BCUT2D eigenvalue weighted by Crippen LogP contribution is -2.44. The van der Waals surface area contributed by atoms with Crippen LogP contribution < -0.4 is 26.8 Å². The summed E-state index contributed by atoms with van der Waals surface area (Å²) in [6.45, 7) is 4.61. The maximum absolute atomic E-state index is 15.4. The minimum absolute atomic E-state index is 0.00407. The number of unbranched alkanes of at least 4 members (excludes halogenated alkanes) is 2. The number of esters is 1. The fraction of sp³-hybridized carbons (Fsp3) is 0.500. The van der Waals surface area contributed by atoms with E-state index in [-0.39, 0.29) is 144 Å². The number of ether oxygens (including phenoxy) is 1. The predicted octanol–water partition coefficient (Wildman–Crippen LogP) is 4.46. The summed E-state index contributed by atoms with van der Waals surface area (Å²) in [5, 5.41) is 32.4. The van der Waals surface area contributed by atoms with Crippen molar-refractivity contribution < 1.29 is 72.1 Å². The molecule has 6 N–H and O–H groups in total. The molecule has 0 spiro atoms. The van der Waals surface area contributed by atoms with Gasteiger partial charge in [0.05, 0.1) is 47.6 Å². The van der Waals surface area contributed by atoms with Crippen molar-refractivity contribution in [1.82, 2.24) is 35.7 Å². The first-order valence-corrected chi connectivity index (χ1v) is 29.2. The Bertz CT molecular complexity index is 3420. The van der Waals surface area contributed by atoms with Crippen molar-refractivity contribution in [2.45, 2.75) is 167 Å². The number of ketones is 3. The summed E-state index contributed by atoms with van der Waals surface area (Å²) in [6.07, 6.45) is 0.969. The summed E-state index contributed by atoms with van der Waals surface area (Å²) < 4.78 is 22.1. The van der Waals surface area contributed by atoms with Gasteiger partial charge in [0, 0.05) is 105 Å². The van der Waals surface area contributed by atoms with Gasteiger partial charge in [-0.3, -0.25) is 57.6 Å². The molecular weight excluding hydrogens is 1100 g/mol. The fourth-order valence-corrected chi connectivity index (χ4v) is 11.8. The number of carboxylic acids is 1.